The lowest BCUT2D eigenvalue weighted by Gasteiger charge is -2.20. The smallest absolute Gasteiger partial charge is 0.124 e. The largest absolute Gasteiger partial charge is 0.308 e. The molecule has 0 aliphatic rings. The molecule has 0 radical (unpaired) electrons. The van der Waals surface area contributed by atoms with Crippen LogP contribution in [0.25, 0.3) is 0 Å². The minimum absolute atomic E-state index is 0.0855. The molecule has 1 unspecified atom stereocenters. The lowest BCUT2D eigenvalue weighted by atomic mass is 10.0. The Kier molecular flexibility index (Phi) is 6.33. The first-order chi connectivity index (χ1) is 10.1. The summed E-state index contributed by atoms with van der Waals surface area (Å²) in [6.45, 7) is 3.04. The molecular formula is C16H17Br2FN2. The first-order valence-corrected chi connectivity index (χ1v) is 8.48. The maximum atomic E-state index is 13.2. The fraction of sp³-hybridized carbons (Fsp3) is 0.312. The maximum absolute atomic E-state index is 13.2. The van der Waals surface area contributed by atoms with E-state index in [1.165, 1.54) is 12.1 Å². The van der Waals surface area contributed by atoms with E-state index < -0.39 is 0 Å². The van der Waals surface area contributed by atoms with Gasteiger partial charge in [0, 0.05) is 15.1 Å². The third kappa shape index (κ3) is 4.59. The number of nitrogens with one attached hydrogen (secondary N) is 1. The van der Waals surface area contributed by atoms with Gasteiger partial charge in [0.2, 0.25) is 0 Å². The van der Waals surface area contributed by atoms with E-state index in [2.05, 4.69) is 49.1 Å². The molecule has 0 bridgehead atoms. The molecule has 1 aromatic carbocycles. The minimum atomic E-state index is -0.234. The normalized spacial score (nSPS) is 12.4. The van der Waals surface area contributed by atoms with Crippen molar-refractivity contribution in [3.8, 4) is 0 Å². The zero-order valence-electron chi connectivity index (χ0n) is 11.7. The highest BCUT2D eigenvalue weighted by atomic mass is 79.9. The van der Waals surface area contributed by atoms with Gasteiger partial charge in [-0.1, -0.05) is 28.9 Å². The summed E-state index contributed by atoms with van der Waals surface area (Å²) in [5.41, 5.74) is 2.03. The fourth-order valence-corrected chi connectivity index (χ4v) is 3.19. The molecular weight excluding hydrogens is 399 g/mol. The zero-order chi connectivity index (χ0) is 15.2. The van der Waals surface area contributed by atoms with Gasteiger partial charge >= 0.3 is 0 Å². The molecule has 1 N–H and O–H groups in total. The Morgan fingerprint density at radius 1 is 1.24 bits per heavy atom. The van der Waals surface area contributed by atoms with Gasteiger partial charge in [0.25, 0.3) is 0 Å². The fourth-order valence-electron chi connectivity index (χ4n) is 2.15. The highest BCUT2D eigenvalue weighted by Gasteiger charge is 2.17. The molecule has 1 heterocycles. The average molecular weight is 416 g/mol. The number of pyridine rings is 1. The molecule has 0 spiro atoms. The van der Waals surface area contributed by atoms with Crippen molar-refractivity contribution in [2.75, 3.05) is 6.54 Å². The highest BCUT2D eigenvalue weighted by molar-refractivity contribution is 9.10. The van der Waals surface area contributed by atoms with Gasteiger partial charge in [0.15, 0.2) is 0 Å². The van der Waals surface area contributed by atoms with Gasteiger partial charge in [-0.3, -0.25) is 4.98 Å². The second kappa shape index (κ2) is 8.01. The lowest BCUT2D eigenvalue weighted by molar-refractivity contribution is 0.514. The quantitative estimate of drug-likeness (QED) is 0.715. The van der Waals surface area contributed by atoms with Crippen molar-refractivity contribution in [3.05, 3.63) is 62.5 Å². The van der Waals surface area contributed by atoms with Crippen molar-refractivity contribution in [3.63, 3.8) is 0 Å². The van der Waals surface area contributed by atoms with Gasteiger partial charge in [0.1, 0.15) is 5.82 Å². The number of hydrogen-bond donors (Lipinski definition) is 1. The van der Waals surface area contributed by atoms with E-state index in [-0.39, 0.29) is 11.9 Å². The van der Waals surface area contributed by atoms with E-state index in [1.54, 1.807) is 6.20 Å². The predicted octanol–water partition coefficient (Wildman–Crippen LogP) is 5.03. The summed E-state index contributed by atoms with van der Waals surface area (Å²) < 4.78 is 15.0. The van der Waals surface area contributed by atoms with Gasteiger partial charge in [-0.05, 0) is 65.1 Å². The molecule has 0 fully saturated rings. The Balaban J connectivity index is 2.26. The van der Waals surface area contributed by atoms with Crippen LogP contribution in [0, 0.1) is 5.82 Å². The van der Waals surface area contributed by atoms with Crippen LogP contribution in [-0.4, -0.2) is 11.5 Å². The molecule has 1 aromatic heterocycles. The van der Waals surface area contributed by atoms with E-state index in [1.807, 2.05) is 18.2 Å². The first kappa shape index (κ1) is 16.6. The van der Waals surface area contributed by atoms with Gasteiger partial charge in [-0.25, -0.2) is 4.39 Å². The van der Waals surface area contributed by atoms with Gasteiger partial charge in [0.05, 0.1) is 11.7 Å². The van der Waals surface area contributed by atoms with E-state index >= 15 is 0 Å². The van der Waals surface area contributed by atoms with Crippen LogP contribution in [0.15, 0.2) is 45.5 Å². The van der Waals surface area contributed by atoms with Gasteiger partial charge in [-0.2, -0.15) is 0 Å². The molecule has 0 amide bonds. The average Bonchev–Trinajstić information content (AvgIpc) is 2.46. The van der Waals surface area contributed by atoms with E-state index in [0.29, 0.717) is 0 Å². The summed E-state index contributed by atoms with van der Waals surface area (Å²) in [6.07, 6.45) is 3.59. The molecule has 0 saturated carbocycles. The summed E-state index contributed by atoms with van der Waals surface area (Å²) in [6, 6.07) is 8.78. The highest BCUT2D eigenvalue weighted by Crippen LogP contribution is 2.27. The SMILES string of the molecule is CCCNC(Cc1ccc(F)cc1Br)c1ncccc1Br. The van der Waals surface area contributed by atoms with Crippen molar-refractivity contribution in [1.82, 2.24) is 10.3 Å². The van der Waals surface area contributed by atoms with Crippen molar-refractivity contribution < 1.29 is 4.39 Å². The Bertz CT molecular complexity index is 605. The third-order valence-corrected chi connectivity index (χ3v) is 4.61. The van der Waals surface area contributed by atoms with Crippen LogP contribution >= 0.6 is 31.9 Å². The molecule has 0 aliphatic carbocycles. The van der Waals surface area contributed by atoms with E-state index in [4.69, 9.17) is 0 Å². The maximum Gasteiger partial charge on any atom is 0.124 e. The van der Waals surface area contributed by atoms with E-state index in [0.717, 1.165) is 39.6 Å². The molecule has 0 aliphatic heterocycles. The Morgan fingerprint density at radius 3 is 2.71 bits per heavy atom. The lowest BCUT2D eigenvalue weighted by Crippen LogP contribution is -2.25. The van der Waals surface area contributed by atoms with Crippen molar-refractivity contribution in [1.29, 1.82) is 0 Å². The molecule has 2 nitrogen and oxygen atoms in total. The van der Waals surface area contributed by atoms with Crippen LogP contribution in [0.4, 0.5) is 4.39 Å². The molecule has 112 valence electrons. The summed E-state index contributed by atoms with van der Waals surface area (Å²) in [4.78, 5) is 4.48. The number of rotatable bonds is 6. The number of hydrogen-bond acceptors (Lipinski definition) is 2. The van der Waals surface area contributed by atoms with Crippen LogP contribution in [0.5, 0.6) is 0 Å². The second-order valence-corrected chi connectivity index (χ2v) is 6.53. The van der Waals surface area contributed by atoms with Gasteiger partial charge in [-0.15, -0.1) is 0 Å². The first-order valence-electron chi connectivity index (χ1n) is 6.89. The Hall–Kier alpha value is -0.780. The molecule has 2 rings (SSSR count). The van der Waals surface area contributed by atoms with Crippen molar-refractivity contribution in [2.45, 2.75) is 25.8 Å². The standard InChI is InChI=1S/C16H17Br2FN2/c1-2-7-20-15(16-13(17)4-3-8-21-16)9-11-5-6-12(19)10-14(11)18/h3-6,8,10,15,20H,2,7,9H2,1H3. The summed E-state index contributed by atoms with van der Waals surface area (Å²) >= 11 is 6.99. The number of aromatic nitrogens is 1. The van der Waals surface area contributed by atoms with Crippen molar-refractivity contribution >= 4 is 31.9 Å². The van der Waals surface area contributed by atoms with Crippen LogP contribution in [-0.2, 0) is 6.42 Å². The zero-order valence-corrected chi connectivity index (χ0v) is 14.9. The molecule has 1 atom stereocenters. The number of benzene rings is 1. The summed E-state index contributed by atoms with van der Waals surface area (Å²) in [7, 11) is 0. The molecule has 5 heteroatoms. The summed E-state index contributed by atoms with van der Waals surface area (Å²) in [5.74, 6) is -0.234. The number of halogens is 3. The Morgan fingerprint density at radius 2 is 2.05 bits per heavy atom. The number of nitrogens with zero attached hydrogens (tertiary/aromatic N) is 1. The molecule has 21 heavy (non-hydrogen) atoms. The Labute approximate surface area is 141 Å². The van der Waals surface area contributed by atoms with E-state index in [9.17, 15) is 4.39 Å². The molecule has 0 saturated heterocycles. The summed E-state index contributed by atoms with van der Waals surface area (Å²) in [5, 5.41) is 3.51. The topological polar surface area (TPSA) is 24.9 Å². The van der Waals surface area contributed by atoms with Crippen LogP contribution in [0.1, 0.15) is 30.6 Å². The monoisotopic (exact) mass is 414 g/mol. The molecule has 2 aromatic rings. The third-order valence-electron chi connectivity index (χ3n) is 3.20. The van der Waals surface area contributed by atoms with Crippen LogP contribution in [0.2, 0.25) is 0 Å². The van der Waals surface area contributed by atoms with Crippen LogP contribution < -0.4 is 5.32 Å². The van der Waals surface area contributed by atoms with Crippen molar-refractivity contribution in [2.24, 2.45) is 0 Å². The van der Waals surface area contributed by atoms with Crippen LogP contribution in [0.3, 0.4) is 0 Å². The predicted molar refractivity (Wildman–Crippen MR) is 90.8 cm³/mol. The second-order valence-electron chi connectivity index (χ2n) is 4.82. The minimum Gasteiger partial charge on any atom is -0.308 e. The van der Waals surface area contributed by atoms with Gasteiger partial charge < -0.3 is 5.32 Å².